The van der Waals surface area contributed by atoms with Gasteiger partial charge in [0.1, 0.15) is 22.6 Å². The van der Waals surface area contributed by atoms with Crippen LogP contribution in [0.15, 0.2) is 97.1 Å². The predicted molar refractivity (Wildman–Crippen MR) is 168 cm³/mol. The number of nitrogens with zero attached hydrogens (tertiary/aromatic N) is 6. The van der Waals surface area contributed by atoms with Crippen LogP contribution in [0.3, 0.4) is 0 Å². The Labute approximate surface area is 248 Å². The average Bonchev–Trinajstić information content (AvgIpc) is 3.78. The minimum atomic E-state index is 0.597. The number of H-pyrrole nitrogens is 2. The topological polar surface area (TPSA) is 109 Å². The summed E-state index contributed by atoms with van der Waals surface area (Å²) in [4.78, 5) is 36.8. The number of aromatic amines is 2. The Kier molecular flexibility index (Phi) is 5.67. The molecule has 0 aliphatic carbocycles. The first-order valence-electron chi connectivity index (χ1n) is 13.6. The molecule has 5 heterocycles. The largest absolute Gasteiger partial charge is 0.324 e. The molecule has 9 heteroatoms. The number of benzene rings is 4. The van der Waals surface area contributed by atoms with E-state index in [1.807, 2.05) is 103 Å². The minimum Gasteiger partial charge on any atom is -0.324 e. The summed E-state index contributed by atoms with van der Waals surface area (Å²) in [6.07, 6.45) is 0. The van der Waals surface area contributed by atoms with E-state index in [0.717, 1.165) is 43.8 Å². The van der Waals surface area contributed by atoms with E-state index in [0.29, 0.717) is 45.9 Å². The summed E-state index contributed by atoms with van der Waals surface area (Å²) in [5, 5.41) is 3.82. The molecule has 0 saturated heterocycles. The van der Waals surface area contributed by atoms with E-state index in [-0.39, 0.29) is 0 Å². The molecule has 9 rings (SSSR count). The number of rotatable bonds is 0. The van der Waals surface area contributed by atoms with Crippen LogP contribution < -0.4 is 0 Å². The van der Waals surface area contributed by atoms with Gasteiger partial charge in [-0.25, -0.2) is 29.9 Å². The second kappa shape index (κ2) is 9.70. The van der Waals surface area contributed by atoms with Crippen LogP contribution in [0.2, 0.25) is 5.79 Å². The van der Waals surface area contributed by atoms with Gasteiger partial charge in [0.25, 0.3) is 0 Å². The van der Waals surface area contributed by atoms with Gasteiger partial charge in [-0.2, -0.15) is 0 Å². The zero-order valence-electron chi connectivity index (χ0n) is 22.5. The molecule has 2 aliphatic rings. The fourth-order valence-electron chi connectivity index (χ4n) is 5.59. The van der Waals surface area contributed by atoms with Crippen molar-refractivity contribution in [3.05, 3.63) is 97.1 Å². The maximum Gasteiger partial charge on any atom is 0.164 e. The Morgan fingerprint density at radius 2 is 0.595 bits per heavy atom. The van der Waals surface area contributed by atoms with Crippen molar-refractivity contribution in [3.63, 3.8) is 0 Å². The van der Waals surface area contributed by atoms with Crippen molar-refractivity contribution in [1.82, 2.24) is 39.9 Å². The number of hydrogen-bond acceptors (Lipinski definition) is 6. The van der Waals surface area contributed by atoms with Crippen molar-refractivity contribution in [2.75, 3.05) is 0 Å². The first-order chi connectivity index (χ1) is 20.8. The van der Waals surface area contributed by atoms with Gasteiger partial charge in [0.2, 0.25) is 0 Å². The van der Waals surface area contributed by atoms with E-state index in [9.17, 15) is 0 Å². The molecule has 8 nitrogen and oxygen atoms in total. The molecule has 3 aromatic heterocycles. The molecular formula is C33H21AlN8+2. The van der Waals surface area contributed by atoms with Crippen molar-refractivity contribution in [2.24, 2.45) is 0 Å². The number of fused-ring (bicyclic) bond motifs is 20. The number of nitrogens with one attached hydrogen (secondary N) is 2. The summed E-state index contributed by atoms with van der Waals surface area (Å²) in [6, 6.07) is 32.2. The smallest absolute Gasteiger partial charge is 0.164 e. The molecule has 194 valence electrons. The van der Waals surface area contributed by atoms with Crippen LogP contribution in [-0.4, -0.2) is 56.2 Å². The third-order valence-corrected chi connectivity index (χ3v) is 7.46. The molecule has 0 radical (unpaired) electrons. The Morgan fingerprint density at radius 3 is 0.857 bits per heavy atom. The number of aromatic nitrogens is 8. The van der Waals surface area contributed by atoms with Gasteiger partial charge in [0.15, 0.2) is 23.3 Å². The molecule has 0 amide bonds. The van der Waals surface area contributed by atoms with Crippen LogP contribution in [0.4, 0.5) is 0 Å². The standard InChI is InChI=1S/C32H18N8.CH3.Al/c1-2-10-18-17(9-1)25-33-26(18)38-28-21-13-5-6-14-22(21)30(35-28)40-32-24-16-8-7-15-23(24)31(36-32)39-29-20-12-4-3-11-19(20)27(34-29)37-25;;/h1-16H,(H2,33,34,35,36,37,38,39,40);1H3;/q;;+2. The predicted octanol–water partition coefficient (Wildman–Crippen LogP) is 7.07. The average molecular weight is 557 g/mol. The second-order valence-electron chi connectivity index (χ2n) is 9.79. The maximum absolute atomic E-state index is 5.02. The van der Waals surface area contributed by atoms with E-state index in [1.165, 1.54) is 0 Å². The van der Waals surface area contributed by atoms with E-state index in [1.54, 1.807) is 0 Å². The van der Waals surface area contributed by atoms with Gasteiger partial charge in [-0.05, 0) is 0 Å². The Hall–Kier alpha value is -5.23. The van der Waals surface area contributed by atoms with Crippen LogP contribution in [0.25, 0.3) is 89.7 Å². The zero-order valence-corrected chi connectivity index (χ0v) is 23.7. The van der Waals surface area contributed by atoms with Crippen molar-refractivity contribution >= 4 is 60.4 Å². The Morgan fingerprint density at radius 1 is 0.357 bits per heavy atom. The molecule has 4 aromatic carbocycles. The van der Waals surface area contributed by atoms with Gasteiger partial charge in [-0.15, -0.1) is 0 Å². The fraction of sp³-hybridized carbons (Fsp3) is 0.0303. The summed E-state index contributed by atoms with van der Waals surface area (Å²) in [6.45, 7) is 0. The van der Waals surface area contributed by atoms with E-state index in [2.05, 4.69) is 26.3 Å². The van der Waals surface area contributed by atoms with Crippen molar-refractivity contribution in [3.8, 4) is 45.6 Å². The third kappa shape index (κ3) is 3.75. The van der Waals surface area contributed by atoms with Crippen LogP contribution in [0, 0.1) is 0 Å². The summed E-state index contributed by atoms with van der Waals surface area (Å²) in [5.41, 5.74) is 6.45. The molecule has 0 saturated carbocycles. The van der Waals surface area contributed by atoms with Gasteiger partial charge in [-0.1, -0.05) is 97.1 Å². The molecule has 2 aliphatic heterocycles. The SMILES string of the molecule is [CH3][Al+2].c1ccc2c(c1)-c1nc-2nc2[nH]c(nc3nc(nc4[nH]c(n1)c1ccccc41)-c1ccccc1-3)c1ccccc21. The zero-order chi connectivity index (χ0) is 28.2. The van der Waals surface area contributed by atoms with Crippen LogP contribution >= 0.6 is 0 Å². The summed E-state index contributed by atoms with van der Waals surface area (Å²) in [7, 11) is 0. The van der Waals surface area contributed by atoms with E-state index in [4.69, 9.17) is 29.9 Å². The molecule has 0 spiro atoms. The Balaban J connectivity index is 0.00000131. The van der Waals surface area contributed by atoms with Gasteiger partial charge in [-0.3, -0.25) is 0 Å². The van der Waals surface area contributed by atoms with Crippen molar-refractivity contribution in [2.45, 2.75) is 5.79 Å². The van der Waals surface area contributed by atoms with Gasteiger partial charge >= 0.3 is 22.1 Å². The third-order valence-electron chi connectivity index (χ3n) is 7.46. The quantitative estimate of drug-likeness (QED) is 0.193. The number of hydrogen-bond donors (Lipinski definition) is 2. The Bertz CT molecular complexity index is 2030. The van der Waals surface area contributed by atoms with Gasteiger partial charge in [0.05, 0.1) is 0 Å². The molecule has 2 N–H and O–H groups in total. The van der Waals surface area contributed by atoms with Crippen molar-refractivity contribution in [1.29, 1.82) is 0 Å². The van der Waals surface area contributed by atoms with Crippen LogP contribution in [0.1, 0.15) is 0 Å². The molecule has 0 atom stereocenters. The van der Waals surface area contributed by atoms with Crippen LogP contribution in [-0.2, 0) is 0 Å². The molecular weight excluding hydrogens is 535 g/mol. The first-order valence-corrected chi connectivity index (χ1v) is 14.7. The molecule has 0 fully saturated rings. The molecule has 42 heavy (non-hydrogen) atoms. The second-order valence-corrected chi connectivity index (χ2v) is 9.79. The minimum absolute atomic E-state index is 0.597. The normalized spacial score (nSPS) is 11.6. The first kappa shape index (κ1) is 24.6. The van der Waals surface area contributed by atoms with E-state index < -0.39 is 0 Å². The van der Waals surface area contributed by atoms with Gasteiger partial charge in [0, 0.05) is 43.8 Å². The summed E-state index contributed by atoms with van der Waals surface area (Å²) >= 11 is 2.42. The fourth-order valence-corrected chi connectivity index (χ4v) is 5.59. The summed E-state index contributed by atoms with van der Waals surface area (Å²) in [5.74, 6) is 4.31. The van der Waals surface area contributed by atoms with Crippen molar-refractivity contribution < 1.29 is 0 Å². The molecule has 8 bridgehead atoms. The maximum atomic E-state index is 5.02. The summed E-state index contributed by atoms with van der Waals surface area (Å²) < 4.78 is 0. The van der Waals surface area contributed by atoms with E-state index >= 15 is 0 Å². The van der Waals surface area contributed by atoms with Gasteiger partial charge < -0.3 is 9.97 Å². The molecule has 7 aromatic rings. The monoisotopic (exact) mass is 556 g/mol. The van der Waals surface area contributed by atoms with Crippen LogP contribution in [0.5, 0.6) is 0 Å². The molecule has 0 unspecified atom stereocenters.